The monoisotopic (exact) mass is 735 g/mol. The van der Waals surface area contributed by atoms with E-state index in [0.29, 0.717) is 17.7 Å². The van der Waals surface area contributed by atoms with Gasteiger partial charge in [-0.3, -0.25) is 9.79 Å². The molecule has 2 rings (SSSR count). The molecule has 1 aliphatic rings. The molecule has 0 spiro atoms. The zero-order valence-corrected chi connectivity index (χ0v) is 34.6. The Balaban J connectivity index is -0.000000299. The quantitative estimate of drug-likeness (QED) is 0.100. The van der Waals surface area contributed by atoms with Crippen molar-refractivity contribution in [3.8, 4) is 0 Å². The van der Waals surface area contributed by atoms with Crippen LogP contribution in [0.25, 0.3) is 0 Å². The Morgan fingerprint density at radius 2 is 1.53 bits per heavy atom. The Labute approximate surface area is 307 Å². The van der Waals surface area contributed by atoms with Crippen molar-refractivity contribution in [1.82, 2.24) is 15.1 Å². The summed E-state index contributed by atoms with van der Waals surface area (Å²) in [5.74, 6) is -1.12. The van der Waals surface area contributed by atoms with Gasteiger partial charge < -0.3 is 4.90 Å². The van der Waals surface area contributed by atoms with E-state index >= 15 is 0 Å². The molecule has 0 bridgehead atoms. The maximum Gasteiger partial charge on any atom is 0.422 e. The molecule has 1 unspecified atom stereocenters. The molecule has 1 aromatic heterocycles. The fourth-order valence-electron chi connectivity index (χ4n) is 4.93. The minimum atomic E-state index is -4.61. The first-order chi connectivity index (χ1) is 23.8. The summed E-state index contributed by atoms with van der Waals surface area (Å²) in [4.78, 5) is 27.1. The van der Waals surface area contributed by atoms with E-state index in [4.69, 9.17) is 0 Å². The first-order valence-electron chi connectivity index (χ1n) is 18.6. The number of hydrogen-bond donors (Lipinski definition) is 1. The topological polar surface area (TPSA) is 78.4 Å². The number of aliphatic imine (C=N–C) groups is 1. The van der Waals surface area contributed by atoms with Crippen LogP contribution < -0.4 is 5.56 Å². The molecule has 1 N–H and O–H groups in total. The van der Waals surface area contributed by atoms with E-state index in [1.54, 1.807) is 33.6 Å². The summed E-state index contributed by atoms with van der Waals surface area (Å²) in [5, 5.41) is 5.86. The van der Waals surface area contributed by atoms with Crippen molar-refractivity contribution in [1.29, 1.82) is 0 Å². The largest absolute Gasteiger partial charge is 0.422 e. The first kappa shape index (κ1) is 54.9. The van der Waals surface area contributed by atoms with Gasteiger partial charge in [0, 0.05) is 35.4 Å². The summed E-state index contributed by atoms with van der Waals surface area (Å²) >= 11 is 0. The molecule has 1 heterocycles. The first-order valence-corrected chi connectivity index (χ1v) is 18.6. The predicted molar refractivity (Wildman–Crippen MR) is 208 cm³/mol. The SMILES string of the molecule is CC.CC.CC(C)=C=O.CCCC1(C)CCc2c1n[nH]c(=O)c2C(F)(F)F.CCCCCN(C)CCC.C\C=C(/C=N\C(C)=C/CC)C(C)(F)F. The summed E-state index contributed by atoms with van der Waals surface area (Å²) in [7, 11) is 2.21. The molecular formula is C40H71F5N4O2. The molecule has 0 amide bonds. The summed E-state index contributed by atoms with van der Waals surface area (Å²) in [6.07, 6.45) is 8.63. The number of carbonyl (C=O) groups excluding carboxylic acids is 1. The maximum absolute atomic E-state index is 12.9. The number of unbranched alkanes of at least 4 members (excludes halogenated alkanes) is 2. The number of nitrogens with one attached hydrogen (secondary N) is 1. The third-order valence-corrected chi connectivity index (χ3v) is 7.35. The second kappa shape index (κ2) is 30.7. The molecule has 0 aromatic carbocycles. The van der Waals surface area contributed by atoms with Crippen LogP contribution >= 0.6 is 0 Å². The summed E-state index contributed by atoms with van der Waals surface area (Å²) in [6, 6.07) is 0. The lowest BCUT2D eigenvalue weighted by molar-refractivity contribution is -0.139. The highest BCUT2D eigenvalue weighted by Crippen LogP contribution is 2.43. The van der Waals surface area contributed by atoms with Crippen LogP contribution in [0, 0.1) is 0 Å². The minimum absolute atomic E-state index is 0.0543. The van der Waals surface area contributed by atoms with Gasteiger partial charge in [0.2, 0.25) is 0 Å². The van der Waals surface area contributed by atoms with Crippen molar-refractivity contribution in [2.75, 3.05) is 20.1 Å². The van der Waals surface area contributed by atoms with Crippen molar-refractivity contribution >= 4 is 12.2 Å². The van der Waals surface area contributed by atoms with Crippen LogP contribution in [0.4, 0.5) is 22.0 Å². The van der Waals surface area contributed by atoms with Crippen LogP contribution in [-0.4, -0.2) is 53.3 Å². The van der Waals surface area contributed by atoms with Crippen LogP contribution in [0.15, 0.2) is 38.8 Å². The summed E-state index contributed by atoms with van der Waals surface area (Å²) < 4.78 is 64.4. The Kier molecular flexibility index (Phi) is 33.0. The number of H-pyrrole nitrogens is 1. The molecule has 0 aliphatic heterocycles. The molecule has 1 aromatic rings. The molecule has 1 atom stereocenters. The minimum Gasteiger partial charge on any atom is -0.306 e. The molecule has 1 aliphatic carbocycles. The van der Waals surface area contributed by atoms with Crippen LogP contribution in [0.5, 0.6) is 0 Å². The van der Waals surface area contributed by atoms with Gasteiger partial charge in [0.05, 0.1) is 5.69 Å². The predicted octanol–water partition coefficient (Wildman–Crippen LogP) is 12.1. The normalized spacial score (nSPS) is 15.3. The zero-order valence-electron chi connectivity index (χ0n) is 34.6. The van der Waals surface area contributed by atoms with Crippen molar-refractivity contribution in [2.45, 2.75) is 172 Å². The molecule has 298 valence electrons. The number of aromatic amines is 1. The van der Waals surface area contributed by atoms with Crippen LogP contribution in [0.1, 0.15) is 165 Å². The fraction of sp³-hybridized carbons (Fsp3) is 0.725. The molecule has 0 saturated heterocycles. The van der Waals surface area contributed by atoms with Crippen LogP contribution in [0.2, 0.25) is 0 Å². The number of nitrogens with zero attached hydrogens (tertiary/aromatic N) is 3. The van der Waals surface area contributed by atoms with Crippen molar-refractivity contribution < 1.29 is 26.7 Å². The lowest BCUT2D eigenvalue weighted by Crippen LogP contribution is -2.28. The average Bonchev–Trinajstić information content (AvgIpc) is 3.38. The highest BCUT2D eigenvalue weighted by Gasteiger charge is 2.44. The van der Waals surface area contributed by atoms with E-state index in [1.807, 2.05) is 59.6 Å². The molecule has 0 saturated carbocycles. The van der Waals surface area contributed by atoms with Gasteiger partial charge in [-0.2, -0.15) is 18.3 Å². The Morgan fingerprint density at radius 3 is 1.92 bits per heavy atom. The van der Waals surface area contributed by atoms with E-state index < -0.39 is 23.2 Å². The van der Waals surface area contributed by atoms with Gasteiger partial charge in [0.1, 0.15) is 11.5 Å². The lowest BCUT2D eigenvalue weighted by atomic mass is 9.83. The fourth-order valence-corrected chi connectivity index (χ4v) is 4.93. The van der Waals surface area contributed by atoms with Crippen molar-refractivity contribution in [2.24, 2.45) is 4.99 Å². The summed E-state index contributed by atoms with van der Waals surface area (Å²) in [5.41, 5.74) is -0.649. The lowest BCUT2D eigenvalue weighted by Gasteiger charge is -2.23. The van der Waals surface area contributed by atoms with Gasteiger partial charge in [-0.25, -0.2) is 18.7 Å². The maximum atomic E-state index is 12.9. The molecule has 51 heavy (non-hydrogen) atoms. The van der Waals surface area contributed by atoms with Crippen molar-refractivity contribution in [3.63, 3.8) is 0 Å². The van der Waals surface area contributed by atoms with E-state index in [1.165, 1.54) is 51.1 Å². The Hall–Kier alpha value is -2.91. The molecule has 11 heteroatoms. The molecular weight excluding hydrogens is 663 g/mol. The van der Waals surface area contributed by atoms with Gasteiger partial charge in [-0.15, -0.1) is 0 Å². The molecule has 6 nitrogen and oxygen atoms in total. The third kappa shape index (κ3) is 24.8. The van der Waals surface area contributed by atoms with Crippen LogP contribution in [-0.2, 0) is 22.8 Å². The van der Waals surface area contributed by atoms with Gasteiger partial charge >= 0.3 is 6.18 Å². The van der Waals surface area contributed by atoms with Gasteiger partial charge in [0.15, 0.2) is 0 Å². The van der Waals surface area contributed by atoms with E-state index in [2.05, 4.69) is 35.9 Å². The number of aromatic nitrogens is 2. The number of fused-ring (bicyclic) bond motifs is 1. The second-order valence-corrected chi connectivity index (χ2v) is 12.3. The second-order valence-electron chi connectivity index (χ2n) is 12.3. The Bertz CT molecular complexity index is 1240. The van der Waals surface area contributed by atoms with Crippen LogP contribution in [0.3, 0.4) is 0 Å². The number of allylic oxidation sites excluding steroid dienone is 5. The van der Waals surface area contributed by atoms with E-state index in [-0.39, 0.29) is 23.0 Å². The Morgan fingerprint density at radius 1 is 0.980 bits per heavy atom. The molecule has 0 radical (unpaired) electrons. The van der Waals surface area contributed by atoms with E-state index in [9.17, 15) is 31.5 Å². The zero-order chi connectivity index (χ0) is 40.8. The van der Waals surface area contributed by atoms with Gasteiger partial charge in [-0.1, -0.05) is 93.7 Å². The standard InChI is InChI=1S/C12H15F3N2O.C11H17F2N.C9H21N.C4H6O.2C2H6/c1-3-5-11(2)6-4-7-8(12(13,14)15)10(18)17-16-9(7)11;1-5-7-9(3)14-8-10(6-2)11(4,12)13;1-4-6-7-9-10(3)8-5-2;1-4(2)3-5;2*1-2/h3-6H2,1-2H3,(H,17,18);6-8H,5H2,1-4H3;4-9H2,1-3H3;1-2H3;2*1-2H3/b;9-7-,10-6+,14-8-;;;;. The summed E-state index contributed by atoms with van der Waals surface area (Å²) in [6.45, 7) is 28.6. The number of halogens is 5. The third-order valence-electron chi connectivity index (χ3n) is 7.35. The highest BCUT2D eigenvalue weighted by molar-refractivity contribution is 5.81. The van der Waals surface area contributed by atoms with E-state index in [0.717, 1.165) is 31.9 Å². The van der Waals surface area contributed by atoms with Crippen molar-refractivity contribution in [3.05, 3.63) is 56.2 Å². The van der Waals surface area contributed by atoms with Gasteiger partial charge in [0.25, 0.3) is 11.5 Å². The number of hydrogen-bond acceptors (Lipinski definition) is 5. The smallest absolute Gasteiger partial charge is 0.306 e. The highest BCUT2D eigenvalue weighted by atomic mass is 19.4. The molecule has 0 fully saturated rings. The average molecular weight is 735 g/mol. The number of alkyl halides is 5. The number of rotatable bonds is 12. The van der Waals surface area contributed by atoms with Gasteiger partial charge in [-0.05, 0) is 91.9 Å².